The van der Waals surface area contributed by atoms with Crippen LogP contribution in [0.1, 0.15) is 25.0 Å². The summed E-state index contributed by atoms with van der Waals surface area (Å²) in [4.78, 5) is 13.6. The zero-order valence-corrected chi connectivity index (χ0v) is 15.6. The Bertz CT molecular complexity index is 577. The topological polar surface area (TPSA) is 41.1 Å². The monoisotopic (exact) mass is 332 g/mol. The summed E-state index contributed by atoms with van der Waals surface area (Å²) >= 11 is 1.57. The molecule has 0 aromatic heterocycles. The largest absolute Gasteiger partial charge is 0.324 e. The summed E-state index contributed by atoms with van der Waals surface area (Å²) in [5, 5.41) is 5.59. The fourth-order valence-electron chi connectivity index (χ4n) is 1.77. The lowest BCUT2D eigenvalue weighted by Crippen LogP contribution is -2.31. The van der Waals surface area contributed by atoms with Crippen LogP contribution in [0.3, 0.4) is 0 Å². The number of hydrogen-bond acceptors (Lipinski definition) is 3. The Kier molecular flexibility index (Phi) is 10.8. The summed E-state index contributed by atoms with van der Waals surface area (Å²) in [6.45, 7) is 16.1. The molecule has 126 valence electrons. The molecule has 2 N–H and O–H groups in total. The van der Waals surface area contributed by atoms with E-state index in [4.69, 9.17) is 0 Å². The van der Waals surface area contributed by atoms with Crippen molar-refractivity contribution in [3.8, 4) is 0 Å². The minimum absolute atomic E-state index is 0.112. The first kappa shape index (κ1) is 21.2. The van der Waals surface area contributed by atoms with Gasteiger partial charge in [-0.1, -0.05) is 62.5 Å². The SMILES string of the molecule is C=C/C=C(/Sc1ccc(C)cc1C)C(=C)NC(=O)CNC.CC. The van der Waals surface area contributed by atoms with E-state index in [9.17, 15) is 4.79 Å². The number of carbonyl (C=O) groups is 1. The first-order valence-corrected chi connectivity index (χ1v) is 8.51. The molecule has 4 heteroatoms. The molecule has 0 aliphatic heterocycles. The third-order valence-corrected chi connectivity index (χ3v) is 4.03. The van der Waals surface area contributed by atoms with Gasteiger partial charge in [0, 0.05) is 15.5 Å². The molecule has 1 amide bonds. The first-order valence-electron chi connectivity index (χ1n) is 7.69. The number of rotatable bonds is 7. The molecule has 0 saturated heterocycles. The van der Waals surface area contributed by atoms with Crippen molar-refractivity contribution in [1.82, 2.24) is 10.6 Å². The second kappa shape index (κ2) is 11.7. The fraction of sp³-hybridized carbons (Fsp3) is 0.316. The smallest absolute Gasteiger partial charge is 0.238 e. The Labute approximate surface area is 144 Å². The Balaban J connectivity index is 0.00000232. The third kappa shape index (κ3) is 7.86. The molecule has 1 aromatic carbocycles. The average Bonchev–Trinajstić information content (AvgIpc) is 2.51. The molecular weight excluding hydrogens is 304 g/mol. The van der Waals surface area contributed by atoms with Gasteiger partial charge in [-0.15, -0.1) is 0 Å². The van der Waals surface area contributed by atoms with Gasteiger partial charge in [0.05, 0.1) is 6.54 Å². The zero-order valence-electron chi connectivity index (χ0n) is 14.8. The van der Waals surface area contributed by atoms with Gasteiger partial charge in [-0.25, -0.2) is 0 Å². The van der Waals surface area contributed by atoms with Crippen LogP contribution in [0.2, 0.25) is 0 Å². The van der Waals surface area contributed by atoms with Gasteiger partial charge in [0.25, 0.3) is 0 Å². The maximum absolute atomic E-state index is 11.6. The Morgan fingerprint density at radius 2 is 1.96 bits per heavy atom. The highest BCUT2D eigenvalue weighted by Gasteiger charge is 2.09. The van der Waals surface area contributed by atoms with Crippen LogP contribution < -0.4 is 10.6 Å². The molecule has 3 nitrogen and oxygen atoms in total. The van der Waals surface area contributed by atoms with E-state index in [0.717, 1.165) is 9.80 Å². The quantitative estimate of drug-likeness (QED) is 0.576. The summed E-state index contributed by atoms with van der Waals surface area (Å²) in [7, 11) is 1.73. The van der Waals surface area contributed by atoms with Crippen molar-refractivity contribution < 1.29 is 4.79 Å². The van der Waals surface area contributed by atoms with Crippen molar-refractivity contribution in [2.24, 2.45) is 0 Å². The summed E-state index contributed by atoms with van der Waals surface area (Å²) < 4.78 is 0. The van der Waals surface area contributed by atoms with Crippen LogP contribution in [0.5, 0.6) is 0 Å². The van der Waals surface area contributed by atoms with Gasteiger partial charge >= 0.3 is 0 Å². The molecule has 0 saturated carbocycles. The highest BCUT2D eigenvalue weighted by atomic mass is 32.2. The number of nitrogens with one attached hydrogen (secondary N) is 2. The van der Waals surface area contributed by atoms with Crippen LogP contribution in [0.15, 0.2) is 59.0 Å². The van der Waals surface area contributed by atoms with Gasteiger partial charge in [-0.2, -0.15) is 0 Å². The predicted octanol–water partition coefficient (Wildman–Crippen LogP) is 4.34. The number of amides is 1. The van der Waals surface area contributed by atoms with Crippen LogP contribution in [0, 0.1) is 13.8 Å². The summed E-state index contributed by atoms with van der Waals surface area (Å²) in [6.07, 6.45) is 3.55. The van der Waals surface area contributed by atoms with Gasteiger partial charge in [0.15, 0.2) is 0 Å². The van der Waals surface area contributed by atoms with Crippen LogP contribution >= 0.6 is 11.8 Å². The normalized spacial score (nSPS) is 10.4. The summed E-state index contributed by atoms with van der Waals surface area (Å²) in [6, 6.07) is 6.29. The van der Waals surface area contributed by atoms with Gasteiger partial charge in [-0.3, -0.25) is 4.79 Å². The molecule has 0 fully saturated rings. The zero-order chi connectivity index (χ0) is 17.8. The second-order valence-corrected chi connectivity index (χ2v) is 5.78. The minimum atomic E-state index is -0.112. The van der Waals surface area contributed by atoms with Crippen molar-refractivity contribution in [2.45, 2.75) is 32.6 Å². The molecule has 0 atom stereocenters. The van der Waals surface area contributed by atoms with Crippen molar-refractivity contribution >= 4 is 17.7 Å². The fourth-order valence-corrected chi connectivity index (χ4v) is 2.70. The average molecular weight is 333 g/mol. The van der Waals surface area contributed by atoms with Gasteiger partial charge < -0.3 is 10.6 Å². The highest BCUT2D eigenvalue weighted by molar-refractivity contribution is 8.03. The van der Waals surface area contributed by atoms with E-state index in [1.54, 1.807) is 24.9 Å². The molecular formula is C19H28N2OS. The molecule has 0 spiro atoms. The highest BCUT2D eigenvalue weighted by Crippen LogP contribution is 2.32. The lowest BCUT2D eigenvalue weighted by molar-refractivity contribution is -0.119. The summed E-state index contributed by atoms with van der Waals surface area (Å²) in [5.41, 5.74) is 3.01. The van der Waals surface area contributed by atoms with Gasteiger partial charge in [0.1, 0.15) is 0 Å². The summed E-state index contributed by atoms with van der Waals surface area (Å²) in [5.74, 6) is -0.112. The van der Waals surface area contributed by atoms with E-state index in [-0.39, 0.29) is 12.5 Å². The van der Waals surface area contributed by atoms with E-state index in [2.05, 4.69) is 55.8 Å². The van der Waals surface area contributed by atoms with Crippen molar-refractivity contribution in [3.63, 3.8) is 0 Å². The third-order valence-electron chi connectivity index (χ3n) is 2.74. The standard InChI is InChI=1S/C17H22N2OS.C2H6/c1-6-7-16(14(4)19-17(20)11-18-5)21-15-9-8-12(2)10-13(15)3;1-2/h6-10,18H,1,4,11H2,2-3,5H3,(H,19,20);1-2H3/b16-7+;. The second-order valence-electron chi connectivity index (χ2n) is 4.69. The van der Waals surface area contributed by atoms with Crippen molar-refractivity contribution in [3.05, 3.63) is 65.2 Å². The number of benzene rings is 1. The minimum Gasteiger partial charge on any atom is -0.324 e. The van der Waals surface area contributed by atoms with E-state index in [0.29, 0.717) is 5.70 Å². The van der Waals surface area contributed by atoms with E-state index >= 15 is 0 Å². The molecule has 0 radical (unpaired) electrons. The maximum Gasteiger partial charge on any atom is 0.238 e. The van der Waals surface area contributed by atoms with Crippen molar-refractivity contribution in [1.29, 1.82) is 0 Å². The molecule has 0 heterocycles. The Morgan fingerprint density at radius 1 is 1.30 bits per heavy atom. The molecule has 1 rings (SSSR count). The Hall–Kier alpha value is -1.78. The van der Waals surface area contributed by atoms with Crippen LogP contribution in [0.25, 0.3) is 0 Å². The van der Waals surface area contributed by atoms with Crippen molar-refractivity contribution in [2.75, 3.05) is 13.6 Å². The number of aryl methyl sites for hydroxylation is 2. The maximum atomic E-state index is 11.6. The van der Waals surface area contributed by atoms with Crippen LogP contribution in [-0.4, -0.2) is 19.5 Å². The number of allylic oxidation sites excluding steroid dienone is 2. The molecule has 0 aliphatic carbocycles. The predicted molar refractivity (Wildman–Crippen MR) is 103 cm³/mol. The molecule has 1 aromatic rings. The number of likely N-dealkylation sites (N-methyl/N-ethyl adjacent to an activating group) is 1. The molecule has 0 aliphatic rings. The van der Waals surface area contributed by atoms with E-state index in [1.165, 1.54) is 11.1 Å². The van der Waals surface area contributed by atoms with Crippen LogP contribution in [-0.2, 0) is 4.79 Å². The van der Waals surface area contributed by atoms with E-state index < -0.39 is 0 Å². The number of carbonyl (C=O) groups excluding carboxylic acids is 1. The Morgan fingerprint density at radius 3 is 2.48 bits per heavy atom. The lowest BCUT2D eigenvalue weighted by atomic mass is 10.2. The molecule has 23 heavy (non-hydrogen) atoms. The number of hydrogen-bond donors (Lipinski definition) is 2. The first-order chi connectivity index (χ1) is 11.0. The molecule has 0 unspecified atom stereocenters. The van der Waals surface area contributed by atoms with Gasteiger partial charge in [0.2, 0.25) is 5.91 Å². The molecule has 0 bridgehead atoms. The number of thioether (sulfide) groups is 1. The lowest BCUT2D eigenvalue weighted by Gasteiger charge is -2.13. The van der Waals surface area contributed by atoms with Crippen LogP contribution in [0.4, 0.5) is 0 Å². The van der Waals surface area contributed by atoms with E-state index in [1.807, 2.05) is 19.9 Å². The van der Waals surface area contributed by atoms with Gasteiger partial charge in [-0.05, 0) is 38.6 Å².